The van der Waals surface area contributed by atoms with Crippen LogP contribution in [0.5, 0.6) is 0 Å². The van der Waals surface area contributed by atoms with Crippen LogP contribution in [0.15, 0.2) is 18.5 Å². The third-order valence-corrected chi connectivity index (χ3v) is 2.29. The van der Waals surface area contributed by atoms with Crippen LogP contribution in [0.4, 0.5) is 0 Å². The van der Waals surface area contributed by atoms with Crippen molar-refractivity contribution < 1.29 is 9.90 Å². The van der Waals surface area contributed by atoms with E-state index in [4.69, 9.17) is 0 Å². The van der Waals surface area contributed by atoms with E-state index in [1.165, 1.54) is 0 Å². The molecule has 1 atom stereocenters. The van der Waals surface area contributed by atoms with Gasteiger partial charge in [0.05, 0.1) is 6.10 Å². The summed E-state index contributed by atoms with van der Waals surface area (Å²) in [6.45, 7) is 6.82. The van der Waals surface area contributed by atoms with Gasteiger partial charge in [-0.3, -0.25) is 4.79 Å². The highest BCUT2D eigenvalue weighted by Crippen LogP contribution is 2.11. The highest BCUT2D eigenvalue weighted by molar-refractivity contribution is 5.75. The minimum atomic E-state index is -0.486. The van der Waals surface area contributed by atoms with Crippen molar-refractivity contribution in [2.75, 3.05) is 6.54 Å². The van der Waals surface area contributed by atoms with Gasteiger partial charge in [0.1, 0.15) is 6.54 Å². The minimum absolute atomic E-state index is 0.00134. The van der Waals surface area contributed by atoms with Crippen LogP contribution >= 0.6 is 0 Å². The van der Waals surface area contributed by atoms with E-state index >= 15 is 0 Å². The van der Waals surface area contributed by atoms with E-state index in [0.29, 0.717) is 19.0 Å². The quantitative estimate of drug-likeness (QED) is 0.792. The average Bonchev–Trinajstić information content (AvgIpc) is 2.63. The van der Waals surface area contributed by atoms with Crippen molar-refractivity contribution in [3.05, 3.63) is 24.0 Å². The molecule has 4 nitrogen and oxygen atoms in total. The Balaban J connectivity index is 2.43. The third-order valence-electron chi connectivity index (χ3n) is 2.29. The van der Waals surface area contributed by atoms with E-state index in [-0.39, 0.29) is 5.91 Å². The minimum Gasteiger partial charge on any atom is -0.389 e. The Morgan fingerprint density at radius 2 is 2.19 bits per heavy atom. The first kappa shape index (κ1) is 12.8. The summed E-state index contributed by atoms with van der Waals surface area (Å²) in [7, 11) is 0. The van der Waals surface area contributed by atoms with Crippen molar-refractivity contribution in [2.24, 2.45) is 5.92 Å². The average molecular weight is 224 g/mol. The van der Waals surface area contributed by atoms with Gasteiger partial charge in [0, 0.05) is 18.9 Å². The van der Waals surface area contributed by atoms with Gasteiger partial charge in [-0.1, -0.05) is 13.8 Å². The number of aliphatic hydroxyl groups is 1. The number of carbonyl (C=O) groups excluding carboxylic acids is 1. The van der Waals surface area contributed by atoms with Crippen molar-refractivity contribution in [3.8, 4) is 0 Å². The lowest BCUT2D eigenvalue weighted by atomic mass is 10.2. The molecular formula is C12H20N2O2. The van der Waals surface area contributed by atoms with Crippen LogP contribution in [0.1, 0.15) is 32.4 Å². The predicted octanol–water partition coefficient (Wildman–Crippen LogP) is 1.31. The number of aromatic nitrogens is 1. The van der Waals surface area contributed by atoms with Crippen LogP contribution in [0.2, 0.25) is 0 Å². The molecule has 0 saturated carbocycles. The van der Waals surface area contributed by atoms with Crippen LogP contribution in [-0.2, 0) is 11.3 Å². The molecule has 0 bridgehead atoms. The molecule has 4 heteroatoms. The van der Waals surface area contributed by atoms with Crippen molar-refractivity contribution in [3.63, 3.8) is 0 Å². The Labute approximate surface area is 96.3 Å². The second-order valence-corrected chi connectivity index (χ2v) is 4.49. The van der Waals surface area contributed by atoms with Crippen molar-refractivity contribution in [2.45, 2.75) is 33.4 Å². The zero-order valence-corrected chi connectivity index (χ0v) is 10.1. The molecule has 90 valence electrons. The molecule has 0 aliphatic rings. The van der Waals surface area contributed by atoms with Gasteiger partial charge < -0.3 is 15.0 Å². The lowest BCUT2D eigenvalue weighted by molar-refractivity contribution is -0.121. The second-order valence-electron chi connectivity index (χ2n) is 4.49. The molecule has 1 amide bonds. The van der Waals surface area contributed by atoms with Gasteiger partial charge in [0.25, 0.3) is 0 Å². The van der Waals surface area contributed by atoms with Gasteiger partial charge >= 0.3 is 0 Å². The largest absolute Gasteiger partial charge is 0.389 e. The molecule has 1 heterocycles. The first-order chi connectivity index (χ1) is 7.49. The fraction of sp³-hybridized carbons (Fsp3) is 0.583. The van der Waals surface area contributed by atoms with Gasteiger partial charge in [-0.2, -0.15) is 0 Å². The van der Waals surface area contributed by atoms with Crippen molar-refractivity contribution in [1.82, 2.24) is 9.88 Å². The summed E-state index contributed by atoms with van der Waals surface area (Å²) in [6.07, 6.45) is 3.11. The zero-order chi connectivity index (χ0) is 12.1. The Morgan fingerprint density at radius 3 is 2.69 bits per heavy atom. The molecule has 0 aliphatic heterocycles. The number of hydrogen-bond acceptors (Lipinski definition) is 2. The number of rotatable bonds is 5. The number of amides is 1. The highest BCUT2D eigenvalue weighted by atomic mass is 16.3. The van der Waals surface area contributed by atoms with Crippen LogP contribution in [0.25, 0.3) is 0 Å². The molecule has 0 aliphatic carbocycles. The molecular weight excluding hydrogens is 204 g/mol. The smallest absolute Gasteiger partial charge is 0.239 e. The fourth-order valence-corrected chi connectivity index (χ4v) is 1.34. The third kappa shape index (κ3) is 4.06. The van der Waals surface area contributed by atoms with Crippen molar-refractivity contribution >= 4 is 5.91 Å². The highest BCUT2D eigenvalue weighted by Gasteiger charge is 2.06. The van der Waals surface area contributed by atoms with Crippen LogP contribution in [0.3, 0.4) is 0 Å². The first-order valence-electron chi connectivity index (χ1n) is 5.59. The van der Waals surface area contributed by atoms with E-state index < -0.39 is 6.10 Å². The molecule has 0 saturated heterocycles. The fourth-order valence-electron chi connectivity index (χ4n) is 1.34. The Bertz CT molecular complexity index is 343. The molecule has 1 unspecified atom stereocenters. The van der Waals surface area contributed by atoms with E-state index in [2.05, 4.69) is 19.2 Å². The molecule has 0 spiro atoms. The number of nitrogens with one attached hydrogen (secondary N) is 1. The summed E-state index contributed by atoms with van der Waals surface area (Å²) in [6, 6.07) is 1.82. The zero-order valence-electron chi connectivity index (χ0n) is 10.1. The number of nitrogens with zero attached hydrogens (tertiary/aromatic N) is 1. The van der Waals surface area contributed by atoms with Gasteiger partial charge in [-0.25, -0.2) is 0 Å². The summed E-state index contributed by atoms with van der Waals surface area (Å²) in [5.74, 6) is 0.461. The van der Waals surface area contributed by atoms with Gasteiger partial charge in [0.15, 0.2) is 0 Å². The molecule has 0 aromatic carbocycles. The van der Waals surface area contributed by atoms with Gasteiger partial charge in [-0.05, 0) is 24.5 Å². The molecule has 1 aromatic heterocycles. The maximum absolute atomic E-state index is 11.5. The topological polar surface area (TPSA) is 54.3 Å². The molecule has 0 fully saturated rings. The monoisotopic (exact) mass is 224 g/mol. The summed E-state index contributed by atoms with van der Waals surface area (Å²) in [5.41, 5.74) is 0.830. The van der Waals surface area contributed by atoms with Gasteiger partial charge in [0.2, 0.25) is 5.91 Å². The second kappa shape index (κ2) is 5.70. The lowest BCUT2D eigenvalue weighted by Gasteiger charge is -2.08. The van der Waals surface area contributed by atoms with Crippen LogP contribution in [0, 0.1) is 5.92 Å². The summed E-state index contributed by atoms with van der Waals surface area (Å²) < 4.78 is 1.78. The summed E-state index contributed by atoms with van der Waals surface area (Å²) in [4.78, 5) is 11.5. The normalized spacial score (nSPS) is 12.8. The van der Waals surface area contributed by atoms with E-state index in [1.807, 2.05) is 6.07 Å². The Hall–Kier alpha value is -1.29. The van der Waals surface area contributed by atoms with Crippen LogP contribution < -0.4 is 5.32 Å². The molecule has 1 rings (SSSR count). The number of aliphatic hydroxyl groups excluding tert-OH is 1. The molecule has 1 aromatic rings. The molecule has 16 heavy (non-hydrogen) atoms. The summed E-state index contributed by atoms with van der Waals surface area (Å²) >= 11 is 0. The van der Waals surface area contributed by atoms with E-state index in [9.17, 15) is 9.90 Å². The number of carbonyl (C=O) groups is 1. The maximum atomic E-state index is 11.5. The SMILES string of the molecule is CC(C)CNC(=O)Cn1ccc(C(C)O)c1. The first-order valence-corrected chi connectivity index (χ1v) is 5.59. The Morgan fingerprint density at radius 1 is 1.50 bits per heavy atom. The van der Waals surface area contributed by atoms with E-state index in [1.54, 1.807) is 23.9 Å². The maximum Gasteiger partial charge on any atom is 0.239 e. The lowest BCUT2D eigenvalue weighted by Crippen LogP contribution is -2.30. The van der Waals surface area contributed by atoms with Crippen molar-refractivity contribution in [1.29, 1.82) is 0 Å². The molecule has 0 radical (unpaired) electrons. The number of hydrogen-bond donors (Lipinski definition) is 2. The standard InChI is InChI=1S/C12H20N2O2/c1-9(2)6-13-12(16)8-14-5-4-11(7-14)10(3)15/h4-5,7,9-10,15H,6,8H2,1-3H3,(H,13,16). The van der Waals surface area contributed by atoms with E-state index in [0.717, 1.165) is 5.56 Å². The van der Waals surface area contributed by atoms with Crippen LogP contribution in [-0.4, -0.2) is 22.1 Å². The Kier molecular flexibility index (Phi) is 4.55. The van der Waals surface area contributed by atoms with Gasteiger partial charge in [-0.15, -0.1) is 0 Å². The summed E-state index contributed by atoms with van der Waals surface area (Å²) in [5, 5.41) is 12.2. The molecule has 2 N–H and O–H groups in total. The predicted molar refractivity (Wildman–Crippen MR) is 62.9 cm³/mol.